The van der Waals surface area contributed by atoms with Gasteiger partial charge in [0.1, 0.15) is 11.4 Å². The van der Waals surface area contributed by atoms with Gasteiger partial charge in [0.25, 0.3) is 5.56 Å². The van der Waals surface area contributed by atoms with Crippen LogP contribution in [0.3, 0.4) is 0 Å². The first-order valence-electron chi connectivity index (χ1n) is 5.91. The molecule has 5 nitrogen and oxygen atoms in total. The molecule has 0 atom stereocenters. The Bertz CT molecular complexity index is 603. The SMILES string of the molecule is CCCCNC(=O)Cn1cnc2sccc2c1=O. The van der Waals surface area contributed by atoms with E-state index in [-0.39, 0.29) is 18.0 Å². The maximum atomic E-state index is 12.0. The molecule has 1 amide bonds. The van der Waals surface area contributed by atoms with Gasteiger partial charge in [-0.25, -0.2) is 4.98 Å². The summed E-state index contributed by atoms with van der Waals surface area (Å²) in [6.07, 6.45) is 3.41. The third kappa shape index (κ3) is 2.76. The highest BCUT2D eigenvalue weighted by atomic mass is 32.1. The van der Waals surface area contributed by atoms with Crippen LogP contribution < -0.4 is 10.9 Å². The van der Waals surface area contributed by atoms with E-state index in [0.717, 1.165) is 12.8 Å². The van der Waals surface area contributed by atoms with Crippen LogP contribution >= 0.6 is 11.3 Å². The second-order valence-corrected chi connectivity index (χ2v) is 4.92. The molecule has 0 saturated heterocycles. The summed E-state index contributed by atoms with van der Waals surface area (Å²) in [4.78, 5) is 28.5. The summed E-state index contributed by atoms with van der Waals surface area (Å²) in [5.74, 6) is -0.151. The van der Waals surface area contributed by atoms with Crippen LogP contribution in [0.15, 0.2) is 22.6 Å². The summed E-state index contributed by atoms with van der Waals surface area (Å²) < 4.78 is 1.34. The largest absolute Gasteiger partial charge is 0.355 e. The second kappa shape index (κ2) is 5.77. The predicted molar refractivity (Wildman–Crippen MR) is 71.8 cm³/mol. The number of unbranched alkanes of at least 4 members (excludes halogenated alkanes) is 1. The first-order valence-corrected chi connectivity index (χ1v) is 6.79. The normalized spacial score (nSPS) is 10.7. The van der Waals surface area contributed by atoms with Crippen molar-refractivity contribution in [3.63, 3.8) is 0 Å². The van der Waals surface area contributed by atoms with Gasteiger partial charge in [0, 0.05) is 6.54 Å². The van der Waals surface area contributed by atoms with Crippen molar-refractivity contribution in [1.29, 1.82) is 0 Å². The lowest BCUT2D eigenvalue weighted by atomic mass is 10.3. The van der Waals surface area contributed by atoms with Gasteiger partial charge in [-0.15, -0.1) is 11.3 Å². The molecule has 2 aromatic rings. The molecule has 0 unspecified atom stereocenters. The molecule has 0 aliphatic rings. The van der Waals surface area contributed by atoms with E-state index in [1.807, 2.05) is 5.38 Å². The van der Waals surface area contributed by atoms with Crippen LogP contribution in [0.5, 0.6) is 0 Å². The van der Waals surface area contributed by atoms with Crippen molar-refractivity contribution in [2.24, 2.45) is 0 Å². The Morgan fingerprint density at radius 1 is 1.56 bits per heavy atom. The predicted octanol–water partition coefficient (Wildman–Crippen LogP) is 1.37. The van der Waals surface area contributed by atoms with Gasteiger partial charge in [-0.3, -0.25) is 14.2 Å². The molecule has 0 fully saturated rings. The van der Waals surface area contributed by atoms with Gasteiger partial charge in [0.15, 0.2) is 0 Å². The minimum absolute atomic E-state index is 0.0291. The molecule has 0 aliphatic heterocycles. The number of fused-ring (bicyclic) bond motifs is 1. The zero-order chi connectivity index (χ0) is 13.0. The van der Waals surface area contributed by atoms with Crippen molar-refractivity contribution < 1.29 is 4.79 Å². The van der Waals surface area contributed by atoms with E-state index in [1.165, 1.54) is 22.2 Å². The lowest BCUT2D eigenvalue weighted by Crippen LogP contribution is -2.32. The summed E-state index contributed by atoms with van der Waals surface area (Å²) in [5.41, 5.74) is -0.160. The Labute approximate surface area is 108 Å². The molecule has 0 saturated carbocycles. The zero-order valence-electron chi connectivity index (χ0n) is 10.2. The van der Waals surface area contributed by atoms with Crippen molar-refractivity contribution in [3.05, 3.63) is 28.1 Å². The van der Waals surface area contributed by atoms with Gasteiger partial charge < -0.3 is 5.32 Å². The van der Waals surface area contributed by atoms with Crippen LogP contribution in [0.25, 0.3) is 10.2 Å². The second-order valence-electron chi connectivity index (χ2n) is 4.02. The van der Waals surface area contributed by atoms with Crippen LogP contribution in [0.2, 0.25) is 0 Å². The Kier molecular flexibility index (Phi) is 4.09. The third-order valence-corrected chi connectivity index (χ3v) is 3.44. The Hall–Kier alpha value is -1.69. The van der Waals surface area contributed by atoms with E-state index in [0.29, 0.717) is 16.8 Å². The quantitative estimate of drug-likeness (QED) is 0.831. The number of hydrogen-bond acceptors (Lipinski definition) is 4. The molecule has 0 radical (unpaired) electrons. The summed E-state index contributed by atoms with van der Waals surface area (Å²) in [6, 6.07) is 1.74. The van der Waals surface area contributed by atoms with Gasteiger partial charge in [0.05, 0.1) is 11.7 Å². The molecule has 0 bridgehead atoms. The smallest absolute Gasteiger partial charge is 0.262 e. The van der Waals surface area contributed by atoms with Crippen molar-refractivity contribution in [3.8, 4) is 0 Å². The highest BCUT2D eigenvalue weighted by Crippen LogP contribution is 2.12. The van der Waals surface area contributed by atoms with E-state index in [2.05, 4.69) is 17.2 Å². The fourth-order valence-electron chi connectivity index (χ4n) is 1.62. The fraction of sp³-hybridized carbons (Fsp3) is 0.417. The molecule has 18 heavy (non-hydrogen) atoms. The van der Waals surface area contributed by atoms with Crippen molar-refractivity contribution >= 4 is 27.5 Å². The Balaban J connectivity index is 2.09. The molecule has 2 aromatic heterocycles. The molecule has 6 heteroatoms. The zero-order valence-corrected chi connectivity index (χ0v) is 11.0. The van der Waals surface area contributed by atoms with E-state index >= 15 is 0 Å². The molecule has 96 valence electrons. The van der Waals surface area contributed by atoms with Crippen LogP contribution in [0.4, 0.5) is 0 Å². The average molecular weight is 265 g/mol. The molecule has 0 spiro atoms. The molecular weight excluding hydrogens is 250 g/mol. The average Bonchev–Trinajstić information content (AvgIpc) is 2.82. The van der Waals surface area contributed by atoms with Crippen LogP contribution in [0, 0.1) is 0 Å². The number of aromatic nitrogens is 2. The van der Waals surface area contributed by atoms with Crippen molar-refractivity contribution in [2.45, 2.75) is 26.3 Å². The van der Waals surface area contributed by atoms with E-state index in [4.69, 9.17) is 0 Å². The van der Waals surface area contributed by atoms with Crippen molar-refractivity contribution in [2.75, 3.05) is 6.54 Å². The van der Waals surface area contributed by atoms with E-state index in [1.54, 1.807) is 6.07 Å². The first-order chi connectivity index (χ1) is 8.72. The number of amides is 1. The Morgan fingerprint density at radius 3 is 3.17 bits per heavy atom. The number of carbonyl (C=O) groups excluding carboxylic acids is 1. The standard InChI is InChI=1S/C12H15N3O2S/c1-2-3-5-13-10(16)7-15-8-14-11-9(12(15)17)4-6-18-11/h4,6,8H,2-3,5,7H2,1H3,(H,13,16). The lowest BCUT2D eigenvalue weighted by molar-refractivity contribution is -0.121. The summed E-state index contributed by atoms with van der Waals surface area (Å²) in [6.45, 7) is 2.74. The number of nitrogens with one attached hydrogen (secondary N) is 1. The molecule has 1 N–H and O–H groups in total. The van der Waals surface area contributed by atoms with Gasteiger partial charge in [0.2, 0.25) is 5.91 Å². The monoisotopic (exact) mass is 265 g/mol. The number of hydrogen-bond donors (Lipinski definition) is 1. The van der Waals surface area contributed by atoms with E-state index < -0.39 is 0 Å². The summed E-state index contributed by atoms with van der Waals surface area (Å²) in [7, 11) is 0. The molecular formula is C12H15N3O2S. The Morgan fingerprint density at radius 2 is 2.39 bits per heavy atom. The summed E-state index contributed by atoms with van der Waals surface area (Å²) >= 11 is 1.42. The topological polar surface area (TPSA) is 64.0 Å². The first kappa shape index (κ1) is 12.8. The summed E-state index contributed by atoms with van der Waals surface area (Å²) in [5, 5.41) is 5.17. The number of thiophene rings is 1. The number of nitrogens with zero attached hydrogens (tertiary/aromatic N) is 2. The minimum Gasteiger partial charge on any atom is -0.355 e. The number of rotatable bonds is 5. The van der Waals surface area contributed by atoms with E-state index in [9.17, 15) is 9.59 Å². The molecule has 2 heterocycles. The van der Waals surface area contributed by atoms with Gasteiger partial charge >= 0.3 is 0 Å². The van der Waals surface area contributed by atoms with Gasteiger partial charge in [-0.2, -0.15) is 0 Å². The van der Waals surface area contributed by atoms with Crippen molar-refractivity contribution in [1.82, 2.24) is 14.9 Å². The van der Waals surface area contributed by atoms with Crippen LogP contribution in [0.1, 0.15) is 19.8 Å². The highest BCUT2D eigenvalue weighted by Gasteiger charge is 2.08. The minimum atomic E-state index is -0.160. The fourth-order valence-corrected chi connectivity index (χ4v) is 2.34. The van der Waals surface area contributed by atoms with Gasteiger partial charge in [-0.1, -0.05) is 13.3 Å². The lowest BCUT2D eigenvalue weighted by Gasteiger charge is -2.06. The number of carbonyl (C=O) groups is 1. The molecule has 0 aromatic carbocycles. The highest BCUT2D eigenvalue weighted by molar-refractivity contribution is 7.16. The maximum Gasteiger partial charge on any atom is 0.262 e. The molecule has 2 rings (SSSR count). The van der Waals surface area contributed by atoms with Crippen LogP contribution in [-0.2, 0) is 11.3 Å². The van der Waals surface area contributed by atoms with Crippen LogP contribution in [-0.4, -0.2) is 22.0 Å². The maximum absolute atomic E-state index is 12.0. The third-order valence-electron chi connectivity index (χ3n) is 2.62. The molecule has 0 aliphatic carbocycles. The van der Waals surface area contributed by atoms with Gasteiger partial charge in [-0.05, 0) is 17.9 Å².